The molecule has 1 amide bonds. The van der Waals surface area contributed by atoms with Crippen LogP contribution in [0.2, 0.25) is 0 Å². The molecule has 0 aromatic rings. The first kappa shape index (κ1) is 13.2. The molecular weight excluding hydrogens is 194 g/mol. The fourth-order valence-corrected chi connectivity index (χ4v) is 1.32. The molecule has 0 saturated heterocycles. The number of hydrogen-bond donors (Lipinski definition) is 2. The zero-order chi connectivity index (χ0) is 11.1. The van der Waals surface area contributed by atoms with Crippen molar-refractivity contribution >= 4 is 5.91 Å². The van der Waals surface area contributed by atoms with Gasteiger partial charge in [0.25, 0.3) is 6.43 Å². The molecule has 1 unspecified atom stereocenters. The molecule has 0 saturated carbocycles. The maximum atomic E-state index is 12.1. The van der Waals surface area contributed by atoms with Gasteiger partial charge in [0.15, 0.2) is 0 Å². The first-order valence-electron chi connectivity index (χ1n) is 4.45. The molecule has 1 atom stereocenters. The van der Waals surface area contributed by atoms with Crippen LogP contribution in [-0.2, 0) is 4.79 Å². The Bertz CT molecular complexity index is 179. The van der Waals surface area contributed by atoms with Gasteiger partial charge in [0, 0.05) is 6.54 Å². The second-order valence-corrected chi connectivity index (χ2v) is 2.94. The number of carbonyl (C=O) groups excluding carboxylic acids is 1. The third-order valence-electron chi connectivity index (χ3n) is 1.92. The Morgan fingerprint density at radius 1 is 1.57 bits per heavy atom. The fourth-order valence-electron chi connectivity index (χ4n) is 1.32. The third-order valence-corrected chi connectivity index (χ3v) is 1.92. The lowest BCUT2D eigenvalue weighted by Crippen LogP contribution is -2.47. The van der Waals surface area contributed by atoms with Gasteiger partial charge in [-0.05, 0) is 6.42 Å². The quantitative estimate of drug-likeness (QED) is 0.612. The van der Waals surface area contributed by atoms with Crippen molar-refractivity contribution in [2.45, 2.75) is 25.8 Å². The Labute approximate surface area is 81.7 Å². The van der Waals surface area contributed by atoms with Crippen LogP contribution in [0.3, 0.4) is 0 Å². The van der Waals surface area contributed by atoms with Crippen molar-refractivity contribution in [1.29, 1.82) is 0 Å². The molecule has 0 aromatic carbocycles. The molecule has 0 fully saturated rings. The fraction of sp³-hybridized carbons (Fsp3) is 0.875. The highest BCUT2D eigenvalue weighted by Gasteiger charge is 2.23. The first-order valence-corrected chi connectivity index (χ1v) is 4.45. The minimum Gasteiger partial charge on any atom is -0.395 e. The van der Waals surface area contributed by atoms with E-state index in [-0.39, 0.29) is 13.2 Å². The van der Waals surface area contributed by atoms with Crippen molar-refractivity contribution in [3.8, 4) is 0 Å². The molecule has 0 aromatic heterocycles. The minimum atomic E-state index is -2.53. The molecule has 0 aliphatic rings. The third kappa shape index (κ3) is 4.48. The monoisotopic (exact) mass is 210 g/mol. The molecule has 6 heteroatoms. The maximum absolute atomic E-state index is 12.1. The number of primary amides is 1. The molecule has 0 spiro atoms. The van der Waals surface area contributed by atoms with Crippen LogP contribution in [0.4, 0.5) is 8.78 Å². The molecule has 84 valence electrons. The van der Waals surface area contributed by atoms with Crippen LogP contribution in [0.5, 0.6) is 0 Å². The SMILES string of the molecule is CCC(C(N)=O)N(CCO)CC(F)F. The second kappa shape index (κ2) is 6.67. The van der Waals surface area contributed by atoms with E-state index in [4.69, 9.17) is 10.8 Å². The molecule has 0 heterocycles. The van der Waals surface area contributed by atoms with Crippen molar-refractivity contribution in [2.75, 3.05) is 19.7 Å². The van der Waals surface area contributed by atoms with Crippen molar-refractivity contribution < 1.29 is 18.7 Å². The lowest BCUT2D eigenvalue weighted by Gasteiger charge is -2.27. The zero-order valence-corrected chi connectivity index (χ0v) is 8.12. The van der Waals surface area contributed by atoms with E-state index in [1.165, 1.54) is 4.90 Å². The summed E-state index contributed by atoms with van der Waals surface area (Å²) in [6.07, 6.45) is -2.17. The second-order valence-electron chi connectivity index (χ2n) is 2.94. The van der Waals surface area contributed by atoms with E-state index < -0.39 is 24.9 Å². The van der Waals surface area contributed by atoms with Gasteiger partial charge in [-0.2, -0.15) is 0 Å². The molecule has 0 aliphatic carbocycles. The molecular formula is C8H16F2N2O2. The number of nitrogens with zero attached hydrogens (tertiary/aromatic N) is 1. The van der Waals surface area contributed by atoms with Crippen molar-refractivity contribution in [2.24, 2.45) is 5.73 Å². The van der Waals surface area contributed by atoms with Gasteiger partial charge in [-0.25, -0.2) is 8.78 Å². The van der Waals surface area contributed by atoms with Crippen molar-refractivity contribution in [3.05, 3.63) is 0 Å². The highest BCUT2D eigenvalue weighted by molar-refractivity contribution is 5.79. The topological polar surface area (TPSA) is 66.6 Å². The van der Waals surface area contributed by atoms with Crippen molar-refractivity contribution in [3.63, 3.8) is 0 Å². The van der Waals surface area contributed by atoms with Crippen LogP contribution in [-0.4, -0.2) is 48.1 Å². The lowest BCUT2D eigenvalue weighted by atomic mass is 10.2. The predicted octanol–water partition coefficient (Wildman–Crippen LogP) is -0.190. The van der Waals surface area contributed by atoms with Crippen LogP contribution < -0.4 is 5.73 Å². The molecule has 3 N–H and O–H groups in total. The number of alkyl halides is 2. The van der Waals surface area contributed by atoms with Crippen LogP contribution in [0, 0.1) is 0 Å². The van der Waals surface area contributed by atoms with Gasteiger partial charge < -0.3 is 10.8 Å². The van der Waals surface area contributed by atoms with E-state index in [9.17, 15) is 13.6 Å². The van der Waals surface area contributed by atoms with Gasteiger partial charge in [0.05, 0.1) is 19.2 Å². The Morgan fingerprint density at radius 2 is 2.14 bits per heavy atom. The smallest absolute Gasteiger partial charge is 0.251 e. The molecule has 0 bridgehead atoms. The van der Waals surface area contributed by atoms with Crippen LogP contribution >= 0.6 is 0 Å². The van der Waals surface area contributed by atoms with Gasteiger partial charge in [0.1, 0.15) is 0 Å². The summed E-state index contributed by atoms with van der Waals surface area (Å²) in [7, 11) is 0. The predicted molar refractivity (Wildman–Crippen MR) is 47.9 cm³/mol. The summed E-state index contributed by atoms with van der Waals surface area (Å²) in [5, 5.41) is 8.64. The lowest BCUT2D eigenvalue weighted by molar-refractivity contribution is -0.124. The highest BCUT2D eigenvalue weighted by atomic mass is 19.3. The first-order chi connectivity index (χ1) is 6.52. The Morgan fingerprint density at radius 3 is 2.43 bits per heavy atom. The number of amides is 1. The van der Waals surface area contributed by atoms with E-state index in [1.807, 2.05) is 0 Å². The average Bonchev–Trinajstić information content (AvgIpc) is 2.03. The maximum Gasteiger partial charge on any atom is 0.251 e. The molecule has 4 nitrogen and oxygen atoms in total. The van der Waals surface area contributed by atoms with E-state index in [2.05, 4.69) is 0 Å². The number of carbonyl (C=O) groups is 1. The summed E-state index contributed by atoms with van der Waals surface area (Å²) < 4.78 is 24.2. The number of halogens is 2. The number of nitrogens with two attached hydrogens (primary N) is 1. The van der Waals surface area contributed by atoms with Gasteiger partial charge in [-0.1, -0.05) is 6.92 Å². The van der Waals surface area contributed by atoms with E-state index >= 15 is 0 Å². The van der Waals surface area contributed by atoms with E-state index in [0.717, 1.165) is 0 Å². The largest absolute Gasteiger partial charge is 0.395 e. The van der Waals surface area contributed by atoms with Gasteiger partial charge >= 0.3 is 0 Å². The number of hydrogen-bond acceptors (Lipinski definition) is 3. The normalized spacial score (nSPS) is 13.6. The molecule has 14 heavy (non-hydrogen) atoms. The van der Waals surface area contributed by atoms with Crippen LogP contribution in [0.1, 0.15) is 13.3 Å². The summed E-state index contributed by atoms with van der Waals surface area (Å²) in [4.78, 5) is 12.1. The molecule has 0 radical (unpaired) electrons. The highest BCUT2D eigenvalue weighted by Crippen LogP contribution is 2.06. The number of aliphatic hydroxyl groups is 1. The van der Waals surface area contributed by atoms with E-state index in [1.54, 1.807) is 6.92 Å². The van der Waals surface area contributed by atoms with Crippen LogP contribution in [0.15, 0.2) is 0 Å². The van der Waals surface area contributed by atoms with Crippen LogP contribution in [0.25, 0.3) is 0 Å². The Hall–Kier alpha value is -0.750. The summed E-state index contributed by atoms with van der Waals surface area (Å²) in [5.74, 6) is -0.637. The van der Waals surface area contributed by atoms with E-state index in [0.29, 0.717) is 6.42 Å². The Balaban J connectivity index is 4.34. The summed E-state index contributed by atoms with van der Waals surface area (Å²) >= 11 is 0. The zero-order valence-electron chi connectivity index (χ0n) is 8.12. The summed E-state index contributed by atoms with van der Waals surface area (Å²) in [5.41, 5.74) is 5.05. The number of aliphatic hydroxyl groups excluding tert-OH is 1. The molecule has 0 aliphatic heterocycles. The molecule has 0 rings (SSSR count). The summed E-state index contributed by atoms with van der Waals surface area (Å²) in [6.45, 7) is 0.912. The average molecular weight is 210 g/mol. The van der Waals surface area contributed by atoms with Gasteiger partial charge in [-0.15, -0.1) is 0 Å². The van der Waals surface area contributed by atoms with Gasteiger partial charge in [-0.3, -0.25) is 9.69 Å². The Kier molecular flexibility index (Phi) is 6.31. The standard InChI is InChI=1S/C8H16F2N2O2/c1-2-6(8(11)14)12(3-4-13)5-7(9)10/h6-7,13H,2-5H2,1H3,(H2,11,14). The minimum absolute atomic E-state index is 0.0335. The summed E-state index contributed by atoms with van der Waals surface area (Å²) in [6, 6.07) is -0.726. The number of rotatable bonds is 7. The van der Waals surface area contributed by atoms with Crippen molar-refractivity contribution in [1.82, 2.24) is 4.90 Å². The van der Waals surface area contributed by atoms with Gasteiger partial charge in [0.2, 0.25) is 5.91 Å².